The van der Waals surface area contributed by atoms with Crippen molar-refractivity contribution in [1.29, 1.82) is 0 Å². The lowest BCUT2D eigenvalue weighted by atomic mass is 9.81. The molecule has 4 aliphatic heterocycles. The summed E-state index contributed by atoms with van der Waals surface area (Å²) in [5.74, 6) is -1.39. The van der Waals surface area contributed by atoms with Crippen LogP contribution in [-0.4, -0.2) is 79.6 Å². The highest BCUT2D eigenvalue weighted by molar-refractivity contribution is 5.80. The monoisotopic (exact) mass is 415 g/mol. The van der Waals surface area contributed by atoms with Crippen molar-refractivity contribution in [1.82, 2.24) is 16.0 Å². The van der Waals surface area contributed by atoms with E-state index in [1.54, 1.807) is 34.6 Å². The minimum absolute atomic E-state index is 0.00354. The quantitative estimate of drug-likeness (QED) is 0.489. The number of rotatable bonds is 6. The number of ether oxygens (including phenoxy) is 5. The zero-order valence-corrected chi connectivity index (χ0v) is 17.3. The van der Waals surface area contributed by atoms with E-state index in [0.717, 1.165) is 0 Å². The summed E-state index contributed by atoms with van der Waals surface area (Å²) in [6, 6.07) is 0. The number of amides is 3. The van der Waals surface area contributed by atoms with Crippen LogP contribution in [0.1, 0.15) is 34.6 Å². The lowest BCUT2D eigenvalue weighted by Gasteiger charge is -2.57. The van der Waals surface area contributed by atoms with Gasteiger partial charge >= 0.3 is 6.09 Å². The number of alkyl carbamates (subject to hydrolysis) is 1. The third-order valence-electron chi connectivity index (χ3n) is 4.85. The lowest BCUT2D eigenvalue weighted by Crippen LogP contribution is -2.80. The SMILES string of the molecule is CC(C)(C)OC(=O)NCC12COC(NC(=O)CNC=O)(CO1)C1OC(C)(C)OC12. The Morgan fingerprint density at radius 1 is 1.14 bits per heavy atom. The lowest BCUT2D eigenvalue weighted by molar-refractivity contribution is -0.335. The van der Waals surface area contributed by atoms with Crippen LogP contribution in [0.15, 0.2) is 0 Å². The molecule has 0 aromatic rings. The summed E-state index contributed by atoms with van der Waals surface area (Å²) in [6.45, 7) is 8.76. The molecule has 0 aromatic carbocycles. The summed E-state index contributed by atoms with van der Waals surface area (Å²) in [7, 11) is 0. The van der Waals surface area contributed by atoms with Crippen molar-refractivity contribution in [2.24, 2.45) is 0 Å². The molecule has 2 bridgehead atoms. The number of nitrogens with one attached hydrogen (secondary N) is 3. The van der Waals surface area contributed by atoms with Crippen molar-refractivity contribution in [3.63, 3.8) is 0 Å². The van der Waals surface area contributed by atoms with E-state index in [1.807, 2.05) is 0 Å². The number of hydrogen-bond acceptors (Lipinski definition) is 8. The molecule has 4 atom stereocenters. The largest absolute Gasteiger partial charge is 0.444 e. The van der Waals surface area contributed by atoms with Crippen LogP contribution in [0.5, 0.6) is 0 Å². The van der Waals surface area contributed by atoms with Crippen LogP contribution in [-0.2, 0) is 33.3 Å². The highest BCUT2D eigenvalue weighted by Gasteiger charge is 2.69. The molecule has 0 aliphatic carbocycles. The van der Waals surface area contributed by atoms with Gasteiger partial charge < -0.3 is 39.6 Å². The number of carbonyl (C=O) groups excluding carboxylic acids is 3. The van der Waals surface area contributed by atoms with E-state index in [2.05, 4.69) is 16.0 Å². The van der Waals surface area contributed by atoms with Gasteiger partial charge in [-0.3, -0.25) is 9.59 Å². The van der Waals surface area contributed by atoms with Gasteiger partial charge in [0, 0.05) is 0 Å². The molecule has 11 nitrogen and oxygen atoms in total. The Kier molecular flexibility index (Phi) is 5.54. The second kappa shape index (κ2) is 7.38. The average molecular weight is 415 g/mol. The van der Waals surface area contributed by atoms with Gasteiger partial charge in [-0.2, -0.15) is 0 Å². The standard InChI is InChI=1S/C18H29N3O8/c1-15(2,3)29-14(24)20-7-17-8-26-18(9-25-17,21-11(23)6-19-10-22)13-12(17)27-16(4,5)28-13/h10,12-13H,6-9H2,1-5H3,(H,19,22)(H,20,24)(H,21,23). The zero-order valence-electron chi connectivity index (χ0n) is 17.3. The van der Waals surface area contributed by atoms with E-state index in [0.29, 0.717) is 6.41 Å². The Hall–Kier alpha value is -1.95. The second-order valence-corrected chi connectivity index (χ2v) is 8.91. The Labute approximate surface area is 169 Å². The van der Waals surface area contributed by atoms with E-state index in [1.165, 1.54) is 0 Å². The third kappa shape index (κ3) is 4.47. The number of fused-ring (bicyclic) bond motifs is 2. The molecular formula is C18H29N3O8. The molecule has 4 fully saturated rings. The fourth-order valence-corrected chi connectivity index (χ4v) is 3.70. The van der Waals surface area contributed by atoms with Crippen LogP contribution in [0.2, 0.25) is 0 Å². The van der Waals surface area contributed by atoms with Crippen LogP contribution in [0.25, 0.3) is 0 Å². The molecule has 0 saturated carbocycles. The van der Waals surface area contributed by atoms with Crippen molar-refractivity contribution in [3.05, 3.63) is 0 Å². The van der Waals surface area contributed by atoms with E-state index < -0.39 is 46.9 Å². The summed E-state index contributed by atoms with van der Waals surface area (Å²) in [6.07, 6.45) is -1.42. The van der Waals surface area contributed by atoms with Crippen molar-refractivity contribution in [3.8, 4) is 0 Å². The summed E-state index contributed by atoms with van der Waals surface area (Å²) in [4.78, 5) is 34.7. The maximum absolute atomic E-state index is 12.2. The summed E-state index contributed by atoms with van der Waals surface area (Å²) in [5.41, 5.74) is -2.89. The highest BCUT2D eigenvalue weighted by Crippen LogP contribution is 2.48. The smallest absolute Gasteiger partial charge is 0.407 e. The molecule has 4 saturated heterocycles. The second-order valence-electron chi connectivity index (χ2n) is 8.91. The van der Waals surface area contributed by atoms with Crippen LogP contribution in [0, 0.1) is 0 Å². The van der Waals surface area contributed by atoms with Gasteiger partial charge in [0.1, 0.15) is 23.4 Å². The first kappa shape index (κ1) is 21.8. The minimum atomic E-state index is -1.26. The van der Waals surface area contributed by atoms with Crippen LogP contribution < -0.4 is 16.0 Å². The van der Waals surface area contributed by atoms with E-state index in [9.17, 15) is 14.4 Å². The summed E-state index contributed by atoms with van der Waals surface area (Å²) in [5, 5.41) is 7.77. The molecule has 3 amide bonds. The van der Waals surface area contributed by atoms with Gasteiger partial charge in [0.25, 0.3) is 0 Å². The average Bonchev–Trinajstić information content (AvgIpc) is 2.96. The Morgan fingerprint density at radius 2 is 1.83 bits per heavy atom. The van der Waals surface area contributed by atoms with Crippen LogP contribution in [0.4, 0.5) is 4.79 Å². The first-order chi connectivity index (χ1) is 13.4. The van der Waals surface area contributed by atoms with Crippen LogP contribution in [0.3, 0.4) is 0 Å². The predicted octanol–water partition coefficient (Wildman–Crippen LogP) is -0.611. The maximum atomic E-state index is 12.2. The zero-order chi connectivity index (χ0) is 21.5. The first-order valence-electron chi connectivity index (χ1n) is 9.49. The molecule has 3 N–H and O–H groups in total. The van der Waals surface area contributed by atoms with Crippen molar-refractivity contribution < 1.29 is 38.1 Å². The number of carbonyl (C=O) groups is 3. The van der Waals surface area contributed by atoms with Gasteiger partial charge in [0.15, 0.2) is 11.5 Å². The van der Waals surface area contributed by atoms with Crippen molar-refractivity contribution in [2.45, 2.75) is 69.5 Å². The van der Waals surface area contributed by atoms with E-state index >= 15 is 0 Å². The molecule has 4 aliphatic rings. The molecule has 164 valence electrons. The Balaban J connectivity index is 1.75. The fraction of sp³-hybridized carbons (Fsp3) is 0.833. The number of hydrogen-bond donors (Lipinski definition) is 3. The van der Waals surface area contributed by atoms with Crippen molar-refractivity contribution >= 4 is 18.4 Å². The molecule has 4 unspecified atom stereocenters. The third-order valence-corrected chi connectivity index (χ3v) is 4.85. The normalized spacial score (nSPS) is 34.8. The molecule has 0 radical (unpaired) electrons. The van der Waals surface area contributed by atoms with Gasteiger partial charge in [-0.05, 0) is 34.6 Å². The van der Waals surface area contributed by atoms with Crippen LogP contribution >= 0.6 is 0 Å². The first-order valence-corrected chi connectivity index (χ1v) is 9.49. The molecule has 4 rings (SSSR count). The highest BCUT2D eigenvalue weighted by atomic mass is 16.8. The Morgan fingerprint density at radius 3 is 2.41 bits per heavy atom. The van der Waals surface area contributed by atoms with E-state index in [-0.39, 0.29) is 26.3 Å². The van der Waals surface area contributed by atoms with Gasteiger partial charge in [-0.25, -0.2) is 4.79 Å². The van der Waals surface area contributed by atoms with Gasteiger partial charge in [-0.1, -0.05) is 0 Å². The topological polar surface area (TPSA) is 133 Å². The minimum Gasteiger partial charge on any atom is -0.444 e. The fourth-order valence-electron chi connectivity index (χ4n) is 3.70. The Bertz CT molecular complexity index is 667. The molecule has 4 heterocycles. The molecule has 0 spiro atoms. The molecule has 29 heavy (non-hydrogen) atoms. The van der Waals surface area contributed by atoms with E-state index in [4.69, 9.17) is 23.7 Å². The summed E-state index contributed by atoms with van der Waals surface area (Å²) < 4.78 is 29.4. The van der Waals surface area contributed by atoms with Gasteiger partial charge in [0.05, 0.1) is 26.3 Å². The predicted molar refractivity (Wildman–Crippen MR) is 97.6 cm³/mol. The maximum Gasteiger partial charge on any atom is 0.407 e. The van der Waals surface area contributed by atoms with Gasteiger partial charge in [-0.15, -0.1) is 0 Å². The van der Waals surface area contributed by atoms with Gasteiger partial charge in [0.2, 0.25) is 12.3 Å². The summed E-state index contributed by atoms with van der Waals surface area (Å²) >= 11 is 0. The molecule has 11 heteroatoms. The van der Waals surface area contributed by atoms with Crippen molar-refractivity contribution in [2.75, 3.05) is 26.3 Å². The molecule has 0 aromatic heterocycles. The molecular weight excluding hydrogens is 386 g/mol.